The molecule has 170 valence electrons. The summed E-state index contributed by atoms with van der Waals surface area (Å²) in [5.74, 6) is 0.603. The Kier molecular flexibility index (Phi) is 7.46. The Morgan fingerprint density at radius 1 is 1.09 bits per heavy atom. The minimum atomic E-state index is -0.388. The molecule has 0 saturated heterocycles. The van der Waals surface area contributed by atoms with Crippen molar-refractivity contribution < 1.29 is 9.53 Å². The molecule has 3 rings (SSSR count). The van der Waals surface area contributed by atoms with Gasteiger partial charge in [-0.2, -0.15) is 0 Å². The van der Waals surface area contributed by atoms with Gasteiger partial charge < -0.3 is 9.64 Å². The lowest BCUT2D eigenvalue weighted by molar-refractivity contribution is -0.136. The lowest BCUT2D eigenvalue weighted by Crippen LogP contribution is -2.40. The van der Waals surface area contributed by atoms with E-state index in [9.17, 15) is 9.59 Å². The third kappa shape index (κ3) is 5.62. The van der Waals surface area contributed by atoms with Gasteiger partial charge in [-0.1, -0.05) is 63.2 Å². The van der Waals surface area contributed by atoms with Crippen molar-refractivity contribution >= 4 is 16.8 Å². The Bertz CT molecular complexity index is 1120. The van der Waals surface area contributed by atoms with Crippen LogP contribution < -0.4 is 5.56 Å². The SMILES string of the molecule is COCCN(C(=O)CC(C)(C)C)C(C)c1nc2ccccc2c(=O)n1Cc1ccccc1. The number of fused-ring (bicyclic) bond motifs is 1. The summed E-state index contributed by atoms with van der Waals surface area (Å²) in [4.78, 5) is 33.4. The lowest BCUT2D eigenvalue weighted by Gasteiger charge is -2.32. The number of methoxy groups -OCH3 is 1. The minimum Gasteiger partial charge on any atom is -0.383 e. The Morgan fingerprint density at radius 3 is 2.41 bits per heavy atom. The number of rotatable bonds is 8. The van der Waals surface area contributed by atoms with Gasteiger partial charge in [0, 0.05) is 20.1 Å². The highest BCUT2D eigenvalue weighted by atomic mass is 16.5. The number of hydrogen-bond acceptors (Lipinski definition) is 4. The normalized spacial score (nSPS) is 12.7. The highest BCUT2D eigenvalue weighted by Crippen LogP contribution is 2.26. The second kappa shape index (κ2) is 10.1. The molecule has 0 radical (unpaired) electrons. The number of hydrogen-bond donors (Lipinski definition) is 0. The molecular formula is C26H33N3O3. The molecule has 32 heavy (non-hydrogen) atoms. The molecule has 0 N–H and O–H groups in total. The van der Waals surface area contributed by atoms with Crippen molar-refractivity contribution in [3.05, 3.63) is 76.3 Å². The topological polar surface area (TPSA) is 64.4 Å². The van der Waals surface area contributed by atoms with E-state index in [0.717, 1.165) is 5.56 Å². The summed E-state index contributed by atoms with van der Waals surface area (Å²) in [6, 6.07) is 16.8. The van der Waals surface area contributed by atoms with Crippen LogP contribution in [0, 0.1) is 5.41 Å². The average Bonchev–Trinajstić information content (AvgIpc) is 2.75. The van der Waals surface area contributed by atoms with Gasteiger partial charge in [0.25, 0.3) is 5.56 Å². The number of ether oxygens (including phenoxy) is 1. The summed E-state index contributed by atoms with van der Waals surface area (Å²) in [6.45, 7) is 9.31. The molecule has 0 spiro atoms. The van der Waals surface area contributed by atoms with E-state index in [1.54, 1.807) is 22.6 Å². The number of carbonyl (C=O) groups excluding carboxylic acids is 1. The Morgan fingerprint density at radius 2 is 1.75 bits per heavy atom. The molecule has 0 aliphatic heterocycles. The number of nitrogens with zero attached hydrogens (tertiary/aromatic N) is 3. The molecule has 0 saturated carbocycles. The lowest BCUT2D eigenvalue weighted by atomic mass is 9.91. The van der Waals surface area contributed by atoms with Gasteiger partial charge >= 0.3 is 0 Å². The molecular weight excluding hydrogens is 402 g/mol. The van der Waals surface area contributed by atoms with Crippen LogP contribution in [0.25, 0.3) is 10.9 Å². The maximum atomic E-state index is 13.5. The van der Waals surface area contributed by atoms with E-state index in [4.69, 9.17) is 9.72 Å². The van der Waals surface area contributed by atoms with Crippen molar-refractivity contribution in [1.82, 2.24) is 14.5 Å². The van der Waals surface area contributed by atoms with E-state index >= 15 is 0 Å². The van der Waals surface area contributed by atoms with Crippen LogP contribution in [0.4, 0.5) is 0 Å². The summed E-state index contributed by atoms with van der Waals surface area (Å²) in [7, 11) is 1.62. The number of carbonyl (C=O) groups is 1. The second-order valence-corrected chi connectivity index (χ2v) is 9.36. The molecule has 0 aliphatic rings. The van der Waals surface area contributed by atoms with Crippen LogP contribution in [0.15, 0.2) is 59.4 Å². The molecule has 1 aromatic heterocycles. The van der Waals surface area contributed by atoms with E-state index in [-0.39, 0.29) is 22.9 Å². The third-order valence-corrected chi connectivity index (χ3v) is 5.45. The van der Waals surface area contributed by atoms with Crippen LogP contribution in [0.5, 0.6) is 0 Å². The first-order valence-electron chi connectivity index (χ1n) is 11.0. The molecule has 1 unspecified atom stereocenters. The summed E-state index contributed by atoms with van der Waals surface area (Å²) in [6.07, 6.45) is 0.400. The van der Waals surface area contributed by atoms with Crippen molar-refractivity contribution in [3.8, 4) is 0 Å². The summed E-state index contributed by atoms with van der Waals surface area (Å²) in [5, 5.41) is 0.573. The van der Waals surface area contributed by atoms with E-state index in [2.05, 4.69) is 0 Å². The van der Waals surface area contributed by atoms with Gasteiger partial charge in [0.1, 0.15) is 5.82 Å². The largest absolute Gasteiger partial charge is 0.383 e. The highest BCUT2D eigenvalue weighted by molar-refractivity contribution is 5.78. The average molecular weight is 436 g/mol. The monoisotopic (exact) mass is 435 g/mol. The zero-order valence-corrected chi connectivity index (χ0v) is 19.7. The van der Waals surface area contributed by atoms with Crippen molar-refractivity contribution in [2.24, 2.45) is 5.41 Å². The van der Waals surface area contributed by atoms with Crippen molar-refractivity contribution in [1.29, 1.82) is 0 Å². The number of para-hydroxylation sites is 1. The van der Waals surface area contributed by atoms with E-state index < -0.39 is 0 Å². The minimum absolute atomic E-state index is 0.0238. The molecule has 0 aliphatic carbocycles. The molecule has 1 amide bonds. The number of benzene rings is 2. The van der Waals surface area contributed by atoms with E-state index in [0.29, 0.717) is 42.8 Å². The quantitative estimate of drug-likeness (QED) is 0.526. The van der Waals surface area contributed by atoms with Crippen LogP contribution >= 0.6 is 0 Å². The highest BCUT2D eigenvalue weighted by Gasteiger charge is 2.28. The van der Waals surface area contributed by atoms with Crippen LogP contribution in [0.2, 0.25) is 0 Å². The first kappa shape index (κ1) is 23.7. The zero-order valence-electron chi connectivity index (χ0n) is 19.7. The fourth-order valence-electron chi connectivity index (χ4n) is 3.84. The molecule has 2 aromatic carbocycles. The maximum Gasteiger partial charge on any atom is 0.261 e. The summed E-state index contributed by atoms with van der Waals surface area (Å²) in [5.41, 5.74) is 1.39. The second-order valence-electron chi connectivity index (χ2n) is 9.36. The predicted octanol–water partition coefficient (Wildman–Crippen LogP) is 4.42. The Hall–Kier alpha value is -2.99. The standard InChI is InChI=1S/C26H33N3O3/c1-19(28(15-16-32-5)23(30)17-26(2,3)4)24-27-22-14-10-9-13-21(22)25(31)29(24)18-20-11-7-6-8-12-20/h6-14,19H,15-18H2,1-5H3. The zero-order chi connectivity index (χ0) is 23.3. The van der Waals surface area contributed by atoms with Crippen LogP contribution in [-0.2, 0) is 16.1 Å². The van der Waals surface area contributed by atoms with Gasteiger partial charge in [0.2, 0.25) is 5.91 Å². The number of aromatic nitrogens is 2. The van der Waals surface area contributed by atoms with Crippen LogP contribution in [0.1, 0.15) is 51.5 Å². The van der Waals surface area contributed by atoms with Crippen molar-refractivity contribution in [3.63, 3.8) is 0 Å². The molecule has 6 nitrogen and oxygen atoms in total. The summed E-state index contributed by atoms with van der Waals surface area (Å²) >= 11 is 0. The Balaban J connectivity index is 2.11. The maximum absolute atomic E-state index is 13.5. The van der Waals surface area contributed by atoms with Gasteiger partial charge in [0.05, 0.1) is 30.1 Å². The molecule has 1 heterocycles. The third-order valence-electron chi connectivity index (χ3n) is 5.45. The predicted molar refractivity (Wildman–Crippen MR) is 128 cm³/mol. The van der Waals surface area contributed by atoms with Crippen LogP contribution in [-0.4, -0.2) is 40.6 Å². The van der Waals surface area contributed by atoms with Crippen molar-refractivity contribution in [2.45, 2.75) is 46.7 Å². The van der Waals surface area contributed by atoms with E-state index in [1.807, 2.05) is 76.2 Å². The van der Waals surface area contributed by atoms with Gasteiger partial charge in [-0.25, -0.2) is 4.98 Å². The van der Waals surface area contributed by atoms with Gasteiger partial charge in [-0.3, -0.25) is 14.2 Å². The fraction of sp³-hybridized carbons (Fsp3) is 0.423. The van der Waals surface area contributed by atoms with Gasteiger partial charge in [-0.15, -0.1) is 0 Å². The first-order chi connectivity index (χ1) is 15.2. The smallest absolute Gasteiger partial charge is 0.261 e. The molecule has 3 aromatic rings. The Labute approximate surface area is 189 Å². The first-order valence-corrected chi connectivity index (χ1v) is 11.0. The van der Waals surface area contributed by atoms with Gasteiger partial charge in [-0.05, 0) is 30.0 Å². The van der Waals surface area contributed by atoms with Crippen molar-refractivity contribution in [2.75, 3.05) is 20.3 Å². The van der Waals surface area contributed by atoms with Crippen LogP contribution in [0.3, 0.4) is 0 Å². The molecule has 1 atom stereocenters. The fourth-order valence-corrected chi connectivity index (χ4v) is 3.84. The summed E-state index contributed by atoms with van der Waals surface area (Å²) < 4.78 is 6.98. The molecule has 0 bridgehead atoms. The van der Waals surface area contributed by atoms with E-state index in [1.165, 1.54) is 0 Å². The number of amides is 1. The molecule has 6 heteroatoms. The molecule has 0 fully saturated rings. The van der Waals surface area contributed by atoms with Gasteiger partial charge in [0.15, 0.2) is 0 Å².